The van der Waals surface area contributed by atoms with Gasteiger partial charge in [0.15, 0.2) is 7.28 Å². The van der Waals surface area contributed by atoms with Crippen LogP contribution in [0.3, 0.4) is 0 Å². The highest BCUT2D eigenvalue weighted by molar-refractivity contribution is 6.73. The molecule has 67 heavy (non-hydrogen) atoms. The molecule has 1 aliphatic heterocycles. The van der Waals surface area contributed by atoms with E-state index in [0.29, 0.717) is 0 Å². The van der Waals surface area contributed by atoms with Gasteiger partial charge in [-0.3, -0.25) is 0 Å². The van der Waals surface area contributed by atoms with Crippen LogP contribution in [0, 0.1) is 0 Å². The molecular weight excluding hydrogens is 808 g/mol. The van der Waals surface area contributed by atoms with Crippen molar-refractivity contribution in [3.8, 4) is 39.1 Å². The molecule has 7 aromatic carbocycles. The fourth-order valence-electron chi connectivity index (χ4n) is 13.0. The fourth-order valence-corrected chi connectivity index (χ4v) is 13.0. The lowest BCUT2D eigenvalue weighted by Crippen LogP contribution is -2.38. The third kappa shape index (κ3) is 6.01. The average Bonchev–Trinajstić information content (AvgIpc) is 3.80. The lowest BCUT2D eigenvalue weighted by molar-refractivity contribution is 0.331. The molecule has 336 valence electrons. The van der Waals surface area contributed by atoms with E-state index < -0.39 is 0 Å². The first kappa shape index (κ1) is 42.6. The number of fused-ring (bicyclic) bond motifs is 12. The van der Waals surface area contributed by atoms with Gasteiger partial charge in [-0.1, -0.05) is 169 Å². The monoisotopic (exact) mass is 875 g/mol. The first-order valence-corrected chi connectivity index (χ1v) is 25.1. The Bertz CT molecular complexity index is 3460. The number of hydrogen-bond acceptors (Lipinski definition) is 1. The van der Waals surface area contributed by atoms with Gasteiger partial charge in [-0.2, -0.15) is 0 Å². The Hall–Kier alpha value is -5.80. The molecule has 0 spiro atoms. The molecular formula is C64H67BN2. The van der Waals surface area contributed by atoms with Gasteiger partial charge in [-0.05, 0) is 161 Å². The number of anilines is 2. The summed E-state index contributed by atoms with van der Waals surface area (Å²) in [6.07, 6.45) is 2.41. The van der Waals surface area contributed by atoms with Crippen LogP contribution in [0.4, 0.5) is 11.4 Å². The second-order valence-electron chi connectivity index (χ2n) is 25.4. The first-order chi connectivity index (χ1) is 31.4. The zero-order chi connectivity index (χ0) is 47.1. The Kier molecular flexibility index (Phi) is 8.55. The largest absolute Gasteiger partial charge is 0.355 e. The van der Waals surface area contributed by atoms with Gasteiger partial charge in [0.1, 0.15) is 0 Å². The van der Waals surface area contributed by atoms with E-state index in [2.05, 4.69) is 222 Å². The smallest absolute Gasteiger partial charge is 0.198 e. The van der Waals surface area contributed by atoms with Crippen molar-refractivity contribution >= 4 is 51.4 Å². The molecule has 2 nitrogen and oxygen atoms in total. The van der Waals surface area contributed by atoms with Crippen molar-refractivity contribution in [3.05, 3.63) is 160 Å². The molecule has 0 fully saturated rings. The molecule has 0 radical (unpaired) electrons. The topological polar surface area (TPSA) is 17.0 Å². The van der Waals surface area contributed by atoms with Crippen LogP contribution in [-0.4, -0.2) is 11.8 Å². The van der Waals surface area contributed by atoms with Crippen molar-refractivity contribution in [1.29, 1.82) is 0 Å². The van der Waals surface area contributed by atoms with Crippen molar-refractivity contribution in [2.45, 2.75) is 142 Å². The lowest BCUT2D eigenvalue weighted by Gasteiger charge is -2.42. The number of benzene rings is 7. The van der Waals surface area contributed by atoms with Crippen molar-refractivity contribution in [3.63, 3.8) is 0 Å². The maximum absolute atomic E-state index is 4.08. The van der Waals surface area contributed by atoms with Gasteiger partial charge in [0.2, 0.25) is 0 Å². The van der Waals surface area contributed by atoms with E-state index in [0.717, 1.165) is 18.7 Å². The Morgan fingerprint density at radius 1 is 0.478 bits per heavy atom. The van der Waals surface area contributed by atoms with Crippen molar-refractivity contribution in [2.75, 3.05) is 5.32 Å². The highest BCUT2D eigenvalue weighted by atomic mass is 15.0. The van der Waals surface area contributed by atoms with E-state index in [-0.39, 0.29) is 32.5 Å². The molecule has 1 aromatic heterocycles. The minimum atomic E-state index is -0.174. The van der Waals surface area contributed by atoms with Crippen LogP contribution in [0.2, 0.25) is 0 Å². The number of rotatable bonds is 3. The third-order valence-electron chi connectivity index (χ3n) is 17.4. The summed E-state index contributed by atoms with van der Waals surface area (Å²) in [5.74, 6) is 0. The molecule has 12 rings (SSSR count). The summed E-state index contributed by atoms with van der Waals surface area (Å²) in [7, 11) is 0.869. The quantitative estimate of drug-likeness (QED) is 0.175. The van der Waals surface area contributed by atoms with E-state index in [9.17, 15) is 0 Å². The Morgan fingerprint density at radius 2 is 1.06 bits per heavy atom. The zero-order valence-electron chi connectivity index (χ0n) is 42.5. The maximum atomic E-state index is 4.08. The van der Waals surface area contributed by atoms with E-state index in [1.54, 1.807) is 0 Å². The van der Waals surface area contributed by atoms with Crippen LogP contribution < -0.4 is 16.2 Å². The lowest BCUT2D eigenvalue weighted by atomic mass is 9.58. The molecule has 0 atom stereocenters. The number of aromatic nitrogens is 1. The Morgan fingerprint density at radius 3 is 1.76 bits per heavy atom. The van der Waals surface area contributed by atoms with Crippen molar-refractivity contribution in [2.24, 2.45) is 0 Å². The van der Waals surface area contributed by atoms with E-state index in [1.165, 1.54) is 129 Å². The van der Waals surface area contributed by atoms with Crippen LogP contribution in [0.5, 0.6) is 0 Å². The molecule has 1 N–H and O–H groups in total. The van der Waals surface area contributed by atoms with Gasteiger partial charge >= 0.3 is 0 Å². The zero-order valence-corrected chi connectivity index (χ0v) is 42.5. The second-order valence-corrected chi connectivity index (χ2v) is 25.4. The predicted octanol–water partition coefficient (Wildman–Crippen LogP) is 15.5. The number of hydrogen-bond donors (Lipinski definition) is 1. The molecule has 0 bridgehead atoms. The minimum absolute atomic E-state index is 0.0306. The molecule has 3 aliphatic carbocycles. The molecule has 3 heteroatoms. The fraction of sp³-hybridized carbons (Fsp3) is 0.344. The van der Waals surface area contributed by atoms with Crippen LogP contribution in [-0.2, 0) is 32.5 Å². The van der Waals surface area contributed by atoms with Gasteiger partial charge in [0.05, 0.1) is 5.52 Å². The molecule has 0 amide bonds. The van der Waals surface area contributed by atoms with Gasteiger partial charge in [0.25, 0.3) is 0 Å². The summed E-state index contributed by atoms with van der Waals surface area (Å²) >= 11 is 0. The molecule has 0 unspecified atom stereocenters. The Labute approximate surface area is 400 Å². The SMILES string of the molecule is CC(C)(C)c1ccc(Nc2cc3c(cc2-c2ccc4c5cc6c(cc5n5c4c2Bc2cc(C(C)(C)C)ccc2-5)-c2ccccc2C6(C)C)C(C)(C)c2cc4c(cc2-3)C(C)(C)CCC4(C)C)cc1. The average molecular weight is 875 g/mol. The standard InChI is InChI=1S/C64H67BN2/c1-59(2,3)36-19-22-38(23-20-36)66-54-33-43-42-30-51-52(62(9,10)28-27-61(51,7)8)35-50(42)64(13,14)48(43)31-45(54)40-24-25-41-46-32-49-44(39-17-15-16-18-47(39)63(49,11)12)34-56(46)67-55-26-21-37(60(4,5)6)29-53(55)65-57(40)58(41)67/h15-26,29-35,65-66H,27-28H2,1-14H3. The van der Waals surface area contributed by atoms with E-state index in [1.807, 2.05) is 0 Å². The summed E-state index contributed by atoms with van der Waals surface area (Å²) in [5, 5.41) is 6.76. The third-order valence-corrected chi connectivity index (χ3v) is 17.4. The molecule has 2 heterocycles. The normalized spacial score (nSPS) is 17.6. The molecule has 0 saturated carbocycles. The van der Waals surface area contributed by atoms with Crippen LogP contribution >= 0.6 is 0 Å². The summed E-state index contributed by atoms with van der Waals surface area (Å²) in [4.78, 5) is 0. The summed E-state index contributed by atoms with van der Waals surface area (Å²) in [5.41, 5.74) is 28.7. The predicted molar refractivity (Wildman–Crippen MR) is 290 cm³/mol. The highest BCUT2D eigenvalue weighted by Gasteiger charge is 2.44. The van der Waals surface area contributed by atoms with Crippen molar-refractivity contribution < 1.29 is 0 Å². The van der Waals surface area contributed by atoms with Crippen LogP contribution in [0.15, 0.2) is 115 Å². The minimum Gasteiger partial charge on any atom is -0.355 e. The highest BCUT2D eigenvalue weighted by Crippen LogP contribution is 2.57. The van der Waals surface area contributed by atoms with Gasteiger partial charge in [-0.15, -0.1) is 0 Å². The Balaban J connectivity index is 1.14. The second kappa shape index (κ2) is 13.5. The molecule has 8 aromatic rings. The van der Waals surface area contributed by atoms with E-state index in [4.69, 9.17) is 0 Å². The van der Waals surface area contributed by atoms with Gasteiger partial charge in [0, 0.05) is 49.7 Å². The molecule has 0 saturated heterocycles. The maximum Gasteiger partial charge on any atom is 0.198 e. The molecule has 4 aliphatic rings. The van der Waals surface area contributed by atoms with Gasteiger partial charge < -0.3 is 9.88 Å². The summed E-state index contributed by atoms with van der Waals surface area (Å²) < 4.78 is 2.64. The van der Waals surface area contributed by atoms with Crippen molar-refractivity contribution in [1.82, 2.24) is 4.57 Å². The van der Waals surface area contributed by atoms with Crippen LogP contribution in [0.1, 0.15) is 154 Å². The van der Waals surface area contributed by atoms with E-state index >= 15 is 0 Å². The van der Waals surface area contributed by atoms with Crippen LogP contribution in [0.25, 0.3) is 60.9 Å². The summed E-state index contributed by atoms with van der Waals surface area (Å²) in [6.45, 7) is 33.5. The summed E-state index contributed by atoms with van der Waals surface area (Å²) in [6, 6.07) is 45.9. The van der Waals surface area contributed by atoms with Gasteiger partial charge in [-0.25, -0.2) is 0 Å². The first-order valence-electron chi connectivity index (χ1n) is 25.1. The number of nitrogens with zero attached hydrogens (tertiary/aromatic N) is 1. The number of nitrogens with one attached hydrogen (secondary N) is 1.